The number of hydrogen-bond acceptors (Lipinski definition) is 7. The molecular formula is C16H16F3N7S. The van der Waals surface area contributed by atoms with E-state index in [1.165, 1.54) is 4.90 Å². The molecule has 3 rings (SSSR count). The molecule has 0 saturated heterocycles. The summed E-state index contributed by atoms with van der Waals surface area (Å²) in [5.41, 5.74) is -0.189. The Morgan fingerprint density at radius 2 is 1.81 bits per heavy atom. The lowest BCUT2D eigenvalue weighted by Gasteiger charge is -2.15. The zero-order valence-corrected chi connectivity index (χ0v) is 15.6. The Morgan fingerprint density at radius 3 is 2.41 bits per heavy atom. The number of anilines is 1. The second kappa shape index (κ2) is 7.51. The molecule has 0 fully saturated rings. The number of pyridine rings is 1. The van der Waals surface area contributed by atoms with Crippen LogP contribution in [0.4, 0.5) is 19.0 Å². The van der Waals surface area contributed by atoms with E-state index in [0.717, 1.165) is 23.4 Å². The number of halogens is 3. The normalized spacial score (nSPS) is 11.6. The van der Waals surface area contributed by atoms with Crippen molar-refractivity contribution < 1.29 is 13.2 Å². The minimum atomic E-state index is -4.57. The third-order valence-electron chi connectivity index (χ3n) is 3.59. The van der Waals surface area contributed by atoms with Crippen LogP contribution < -0.4 is 4.90 Å². The molecule has 3 heterocycles. The Hall–Kier alpha value is -2.69. The molecule has 0 aliphatic carbocycles. The predicted octanol–water partition coefficient (Wildman–Crippen LogP) is 3.39. The van der Waals surface area contributed by atoms with E-state index >= 15 is 0 Å². The Kier molecular flexibility index (Phi) is 5.31. The predicted molar refractivity (Wildman–Crippen MR) is 94.4 cm³/mol. The minimum absolute atomic E-state index is 0.0445. The summed E-state index contributed by atoms with van der Waals surface area (Å²) >= 11 is 0.941. The highest BCUT2D eigenvalue weighted by Gasteiger charge is 2.34. The lowest BCUT2D eigenvalue weighted by atomic mass is 10.2. The molecule has 0 aliphatic heterocycles. The van der Waals surface area contributed by atoms with E-state index in [-0.39, 0.29) is 11.0 Å². The van der Waals surface area contributed by atoms with Gasteiger partial charge in [-0.3, -0.25) is 4.98 Å². The van der Waals surface area contributed by atoms with Gasteiger partial charge in [-0.2, -0.15) is 13.2 Å². The van der Waals surface area contributed by atoms with E-state index in [1.807, 2.05) is 6.92 Å². The van der Waals surface area contributed by atoms with Gasteiger partial charge in [0.2, 0.25) is 0 Å². The maximum absolute atomic E-state index is 13.2. The summed E-state index contributed by atoms with van der Waals surface area (Å²) in [7, 11) is 3.24. The van der Waals surface area contributed by atoms with Gasteiger partial charge in [-0.05, 0) is 30.8 Å². The molecule has 0 spiro atoms. The lowest BCUT2D eigenvalue weighted by molar-refractivity contribution is -0.141. The first-order valence-electron chi connectivity index (χ1n) is 7.94. The van der Waals surface area contributed by atoms with Crippen LogP contribution in [0.1, 0.15) is 12.6 Å². The first-order chi connectivity index (χ1) is 12.8. The molecule has 3 aromatic rings. The third kappa shape index (κ3) is 4.18. The van der Waals surface area contributed by atoms with Crippen molar-refractivity contribution in [1.82, 2.24) is 29.7 Å². The Balaban J connectivity index is 2.00. The lowest BCUT2D eigenvalue weighted by Crippen LogP contribution is -2.16. The van der Waals surface area contributed by atoms with Gasteiger partial charge < -0.3 is 9.47 Å². The van der Waals surface area contributed by atoms with Gasteiger partial charge >= 0.3 is 6.18 Å². The molecule has 11 heteroatoms. The quantitative estimate of drug-likeness (QED) is 0.613. The molecule has 0 N–H and O–H groups in total. The highest BCUT2D eigenvalue weighted by atomic mass is 32.2. The standard InChI is InChI=1S/C16H16F3N7S/c1-4-26-13(10-5-7-20-8-6-10)23-24-15(26)27-14-21-11(16(17,18)19)9-12(22-14)25(2)3/h5-9H,4H2,1-3H3. The number of aromatic nitrogens is 6. The van der Waals surface area contributed by atoms with Crippen LogP contribution in [-0.4, -0.2) is 43.8 Å². The van der Waals surface area contributed by atoms with Crippen molar-refractivity contribution in [2.75, 3.05) is 19.0 Å². The average Bonchev–Trinajstić information content (AvgIpc) is 3.04. The number of alkyl halides is 3. The van der Waals surface area contributed by atoms with E-state index < -0.39 is 11.9 Å². The molecule has 0 radical (unpaired) electrons. The van der Waals surface area contributed by atoms with E-state index in [9.17, 15) is 13.2 Å². The van der Waals surface area contributed by atoms with Gasteiger partial charge in [0.05, 0.1) is 0 Å². The van der Waals surface area contributed by atoms with E-state index in [4.69, 9.17) is 0 Å². The summed E-state index contributed by atoms with van der Waals surface area (Å²) < 4.78 is 41.3. The van der Waals surface area contributed by atoms with Crippen molar-refractivity contribution >= 4 is 17.6 Å². The van der Waals surface area contributed by atoms with Crippen LogP contribution in [0, 0.1) is 0 Å². The summed E-state index contributed by atoms with van der Waals surface area (Å²) in [6.45, 7) is 2.43. The van der Waals surface area contributed by atoms with Crippen molar-refractivity contribution in [1.29, 1.82) is 0 Å². The molecule has 0 saturated carbocycles. The van der Waals surface area contributed by atoms with Gasteiger partial charge in [0, 0.05) is 44.7 Å². The molecule has 142 valence electrons. The van der Waals surface area contributed by atoms with Crippen LogP contribution in [-0.2, 0) is 12.7 Å². The Labute approximate surface area is 157 Å². The Bertz CT molecular complexity index is 926. The van der Waals surface area contributed by atoms with Gasteiger partial charge in [-0.25, -0.2) is 9.97 Å². The molecule has 3 aromatic heterocycles. The van der Waals surface area contributed by atoms with Crippen molar-refractivity contribution in [2.24, 2.45) is 0 Å². The fourth-order valence-corrected chi connectivity index (χ4v) is 3.13. The van der Waals surface area contributed by atoms with Crippen molar-refractivity contribution in [3.05, 3.63) is 36.3 Å². The molecular weight excluding hydrogens is 379 g/mol. The molecule has 0 aromatic carbocycles. The molecule has 0 bridgehead atoms. The maximum atomic E-state index is 13.2. The zero-order valence-electron chi connectivity index (χ0n) is 14.8. The van der Waals surface area contributed by atoms with Crippen molar-refractivity contribution in [3.63, 3.8) is 0 Å². The smallest absolute Gasteiger partial charge is 0.363 e. The van der Waals surface area contributed by atoms with Gasteiger partial charge in [0.1, 0.15) is 5.82 Å². The number of nitrogens with zero attached hydrogens (tertiary/aromatic N) is 7. The second-order valence-corrected chi connectivity index (χ2v) is 6.61. The summed E-state index contributed by atoms with van der Waals surface area (Å²) in [6.07, 6.45) is -1.30. The summed E-state index contributed by atoms with van der Waals surface area (Å²) in [6, 6.07) is 4.49. The molecule has 0 aliphatic rings. The van der Waals surface area contributed by atoms with Crippen LogP contribution in [0.15, 0.2) is 40.9 Å². The average molecular weight is 395 g/mol. The van der Waals surface area contributed by atoms with Gasteiger partial charge in [0.25, 0.3) is 0 Å². The van der Waals surface area contributed by atoms with Gasteiger partial charge in [-0.1, -0.05) is 0 Å². The maximum Gasteiger partial charge on any atom is 0.433 e. The number of hydrogen-bond donors (Lipinski definition) is 0. The first kappa shape index (κ1) is 19.1. The largest absolute Gasteiger partial charge is 0.433 e. The van der Waals surface area contributed by atoms with E-state index in [1.54, 1.807) is 43.2 Å². The van der Waals surface area contributed by atoms with E-state index in [0.29, 0.717) is 17.5 Å². The van der Waals surface area contributed by atoms with Crippen molar-refractivity contribution in [2.45, 2.75) is 30.0 Å². The van der Waals surface area contributed by atoms with Crippen LogP contribution in [0.2, 0.25) is 0 Å². The first-order valence-corrected chi connectivity index (χ1v) is 8.76. The van der Waals surface area contributed by atoms with E-state index in [2.05, 4.69) is 25.1 Å². The second-order valence-electron chi connectivity index (χ2n) is 5.67. The topological polar surface area (TPSA) is 72.6 Å². The highest BCUT2D eigenvalue weighted by molar-refractivity contribution is 7.99. The summed E-state index contributed by atoms with van der Waals surface area (Å²) in [4.78, 5) is 13.3. The van der Waals surface area contributed by atoms with Crippen LogP contribution >= 0.6 is 11.8 Å². The summed E-state index contributed by atoms with van der Waals surface area (Å²) in [5, 5.41) is 8.63. The summed E-state index contributed by atoms with van der Waals surface area (Å²) in [5.74, 6) is 0.763. The van der Waals surface area contributed by atoms with Crippen LogP contribution in [0.25, 0.3) is 11.4 Å². The molecule has 0 unspecified atom stereocenters. The van der Waals surface area contributed by atoms with Gasteiger partial charge in [-0.15, -0.1) is 10.2 Å². The number of rotatable bonds is 5. The third-order valence-corrected chi connectivity index (χ3v) is 4.44. The van der Waals surface area contributed by atoms with Crippen LogP contribution in [0.3, 0.4) is 0 Å². The monoisotopic (exact) mass is 395 g/mol. The van der Waals surface area contributed by atoms with Gasteiger partial charge in [0.15, 0.2) is 21.8 Å². The highest BCUT2D eigenvalue weighted by Crippen LogP contribution is 2.33. The molecule has 27 heavy (non-hydrogen) atoms. The minimum Gasteiger partial charge on any atom is -0.363 e. The SMILES string of the molecule is CCn1c(Sc2nc(N(C)C)cc(C(F)(F)F)n2)nnc1-c1ccncc1. The fourth-order valence-electron chi connectivity index (χ4n) is 2.28. The van der Waals surface area contributed by atoms with Crippen molar-refractivity contribution in [3.8, 4) is 11.4 Å². The molecule has 0 amide bonds. The molecule has 7 nitrogen and oxygen atoms in total. The fraction of sp³-hybridized carbons (Fsp3) is 0.312. The zero-order chi connectivity index (χ0) is 19.6. The Morgan fingerprint density at radius 1 is 1.11 bits per heavy atom. The molecule has 0 atom stereocenters. The van der Waals surface area contributed by atoms with Crippen LogP contribution in [0.5, 0.6) is 0 Å².